The fraction of sp³-hybridized carbons (Fsp3) is 0.700. The van der Waals surface area contributed by atoms with Gasteiger partial charge in [-0.1, -0.05) is 13.3 Å². The molecule has 0 spiro atoms. The highest BCUT2D eigenvalue weighted by atomic mass is 19.1. The van der Waals surface area contributed by atoms with Gasteiger partial charge in [-0.2, -0.15) is 0 Å². The van der Waals surface area contributed by atoms with Crippen molar-refractivity contribution in [2.24, 2.45) is 17.3 Å². The number of hydrogen-bond donors (Lipinski definition) is 0. The molecule has 1 nitrogen and oxygen atoms in total. The smallest absolute Gasteiger partial charge is 0.165 e. The van der Waals surface area contributed by atoms with Crippen molar-refractivity contribution in [2.45, 2.75) is 64.7 Å². The van der Waals surface area contributed by atoms with Crippen LogP contribution in [0.25, 0.3) is 0 Å². The number of fused-ring (bicyclic) bond motifs is 5. The van der Waals surface area contributed by atoms with E-state index in [0.29, 0.717) is 23.7 Å². The van der Waals surface area contributed by atoms with E-state index < -0.39 is 0 Å². The minimum Gasteiger partial charge on any atom is -0.491 e. The molecule has 3 aliphatic rings. The van der Waals surface area contributed by atoms with Crippen LogP contribution >= 0.6 is 0 Å². The number of rotatable bonds is 2. The van der Waals surface area contributed by atoms with Crippen LogP contribution in [0, 0.1) is 23.1 Å². The van der Waals surface area contributed by atoms with Crippen molar-refractivity contribution in [3.05, 3.63) is 29.1 Å². The van der Waals surface area contributed by atoms with Crippen LogP contribution in [0.15, 0.2) is 12.1 Å². The van der Waals surface area contributed by atoms with Gasteiger partial charge in [0.1, 0.15) is 0 Å². The Bertz CT molecular complexity index is 581. The largest absolute Gasteiger partial charge is 0.491 e. The summed E-state index contributed by atoms with van der Waals surface area (Å²) in [6.45, 7) is 4.98. The van der Waals surface area contributed by atoms with Crippen molar-refractivity contribution in [1.29, 1.82) is 0 Å². The highest BCUT2D eigenvalue weighted by Gasteiger charge is 2.50. The van der Waals surface area contributed by atoms with Gasteiger partial charge in [0, 0.05) is 0 Å². The predicted molar refractivity (Wildman–Crippen MR) is 86.8 cm³/mol. The van der Waals surface area contributed by atoms with E-state index in [2.05, 4.69) is 6.92 Å². The topological polar surface area (TPSA) is 9.23 Å². The highest BCUT2D eigenvalue weighted by molar-refractivity contribution is 5.42. The lowest BCUT2D eigenvalue weighted by Crippen LogP contribution is -2.39. The first-order valence-electron chi connectivity index (χ1n) is 9.07. The van der Waals surface area contributed by atoms with Crippen LogP contribution in [0.5, 0.6) is 5.75 Å². The second-order valence-corrected chi connectivity index (χ2v) is 7.91. The maximum atomic E-state index is 14.1. The van der Waals surface area contributed by atoms with Crippen LogP contribution in [-0.4, -0.2) is 6.61 Å². The fourth-order valence-electron chi connectivity index (χ4n) is 5.83. The molecular formula is C20H27FO. The zero-order valence-electron chi connectivity index (χ0n) is 13.8. The van der Waals surface area contributed by atoms with Crippen molar-refractivity contribution in [1.82, 2.24) is 0 Å². The Morgan fingerprint density at radius 3 is 2.91 bits per heavy atom. The Hall–Kier alpha value is -1.05. The van der Waals surface area contributed by atoms with Crippen molar-refractivity contribution in [3.63, 3.8) is 0 Å². The zero-order chi connectivity index (χ0) is 15.3. The molecule has 0 amide bonds. The fourth-order valence-corrected chi connectivity index (χ4v) is 5.83. The molecule has 0 radical (unpaired) electrons. The Morgan fingerprint density at radius 2 is 2.09 bits per heavy atom. The van der Waals surface area contributed by atoms with E-state index in [0.717, 1.165) is 18.3 Å². The number of benzene rings is 1. The Morgan fingerprint density at radius 1 is 1.23 bits per heavy atom. The van der Waals surface area contributed by atoms with Gasteiger partial charge in [0.25, 0.3) is 0 Å². The summed E-state index contributed by atoms with van der Waals surface area (Å²) in [5.74, 6) is 2.62. The van der Waals surface area contributed by atoms with Crippen LogP contribution in [0.2, 0.25) is 0 Å². The lowest BCUT2D eigenvalue weighted by molar-refractivity contribution is 0.0596. The molecule has 0 aliphatic heterocycles. The standard InChI is InChI=1S/C20H27FO/c1-3-22-19-12-16-13(11-18(19)21)6-7-15-14(16)8-10-20(2)9-4-5-17(15)20/h11-12,14-15,17H,3-10H2,1-2H3/t14?,15?,17?,20-/m0/s1. The van der Waals surface area contributed by atoms with E-state index in [1.165, 1.54) is 49.7 Å². The maximum Gasteiger partial charge on any atom is 0.165 e. The van der Waals surface area contributed by atoms with Gasteiger partial charge in [-0.15, -0.1) is 0 Å². The summed E-state index contributed by atoms with van der Waals surface area (Å²) in [4.78, 5) is 0. The van der Waals surface area contributed by atoms with E-state index in [4.69, 9.17) is 4.74 Å². The monoisotopic (exact) mass is 302 g/mol. The Balaban J connectivity index is 1.71. The molecule has 2 saturated carbocycles. The van der Waals surface area contributed by atoms with Gasteiger partial charge in [0.05, 0.1) is 6.61 Å². The molecule has 0 heterocycles. The SMILES string of the molecule is CCOc1cc2c(cc1F)CCC1C2CC[C@]2(C)CCCC12. The molecule has 120 valence electrons. The average Bonchev–Trinajstić information content (AvgIpc) is 2.90. The normalized spacial score (nSPS) is 36.4. The summed E-state index contributed by atoms with van der Waals surface area (Å²) in [5, 5.41) is 0. The van der Waals surface area contributed by atoms with E-state index in [1.54, 1.807) is 6.07 Å². The van der Waals surface area contributed by atoms with Gasteiger partial charge in [-0.05, 0) is 91.9 Å². The number of hydrogen-bond acceptors (Lipinski definition) is 1. The summed E-state index contributed by atoms with van der Waals surface area (Å²) in [7, 11) is 0. The second kappa shape index (κ2) is 5.25. The maximum absolute atomic E-state index is 14.1. The first-order chi connectivity index (χ1) is 10.6. The lowest BCUT2D eigenvalue weighted by Gasteiger charge is -2.49. The summed E-state index contributed by atoms with van der Waals surface area (Å²) in [6.07, 6.45) is 9.16. The Kier molecular flexibility index (Phi) is 3.47. The molecule has 0 aromatic heterocycles. The molecule has 1 aromatic carbocycles. The first-order valence-corrected chi connectivity index (χ1v) is 9.07. The molecule has 4 rings (SSSR count). The molecule has 0 bridgehead atoms. The third kappa shape index (κ3) is 2.10. The quantitative estimate of drug-likeness (QED) is 0.704. The van der Waals surface area contributed by atoms with Crippen molar-refractivity contribution in [2.75, 3.05) is 6.61 Å². The third-order valence-electron chi connectivity index (χ3n) is 6.86. The highest BCUT2D eigenvalue weighted by Crippen LogP contribution is 2.61. The minimum absolute atomic E-state index is 0.180. The lowest BCUT2D eigenvalue weighted by atomic mass is 9.56. The van der Waals surface area contributed by atoms with Gasteiger partial charge in [-0.25, -0.2) is 4.39 Å². The molecule has 2 heteroatoms. The van der Waals surface area contributed by atoms with Crippen molar-refractivity contribution in [3.8, 4) is 5.75 Å². The second-order valence-electron chi connectivity index (χ2n) is 7.91. The zero-order valence-corrected chi connectivity index (χ0v) is 13.8. The van der Waals surface area contributed by atoms with Crippen LogP contribution < -0.4 is 4.74 Å². The number of aryl methyl sites for hydroxylation is 1. The van der Waals surface area contributed by atoms with Crippen LogP contribution in [-0.2, 0) is 6.42 Å². The molecule has 22 heavy (non-hydrogen) atoms. The molecule has 0 N–H and O–H groups in total. The van der Waals surface area contributed by atoms with Gasteiger partial charge in [-0.3, -0.25) is 0 Å². The summed E-state index contributed by atoms with van der Waals surface area (Å²) in [6, 6.07) is 3.78. The summed E-state index contributed by atoms with van der Waals surface area (Å²) < 4.78 is 19.7. The van der Waals surface area contributed by atoms with Gasteiger partial charge in [0.2, 0.25) is 0 Å². The van der Waals surface area contributed by atoms with Gasteiger partial charge < -0.3 is 4.74 Å². The molecule has 3 aliphatic carbocycles. The molecular weight excluding hydrogens is 275 g/mol. The molecule has 3 unspecified atom stereocenters. The Labute approximate surface area is 133 Å². The van der Waals surface area contributed by atoms with Crippen LogP contribution in [0.4, 0.5) is 4.39 Å². The van der Waals surface area contributed by atoms with Gasteiger partial charge >= 0.3 is 0 Å². The van der Waals surface area contributed by atoms with E-state index in [-0.39, 0.29) is 5.82 Å². The number of ether oxygens (including phenoxy) is 1. The van der Waals surface area contributed by atoms with Crippen LogP contribution in [0.1, 0.15) is 69.4 Å². The summed E-state index contributed by atoms with van der Waals surface area (Å²) >= 11 is 0. The van der Waals surface area contributed by atoms with E-state index >= 15 is 0 Å². The van der Waals surface area contributed by atoms with Crippen molar-refractivity contribution >= 4 is 0 Å². The predicted octanol–water partition coefficient (Wildman–Crippen LogP) is 5.47. The van der Waals surface area contributed by atoms with E-state index in [9.17, 15) is 4.39 Å². The minimum atomic E-state index is -0.180. The average molecular weight is 302 g/mol. The summed E-state index contributed by atoms with van der Waals surface area (Å²) in [5.41, 5.74) is 3.22. The first kappa shape index (κ1) is 14.5. The molecule has 4 atom stereocenters. The molecule has 1 aromatic rings. The van der Waals surface area contributed by atoms with E-state index in [1.807, 2.05) is 13.0 Å². The van der Waals surface area contributed by atoms with Gasteiger partial charge in [0.15, 0.2) is 11.6 Å². The van der Waals surface area contributed by atoms with Crippen LogP contribution in [0.3, 0.4) is 0 Å². The third-order valence-corrected chi connectivity index (χ3v) is 6.86. The molecule has 0 saturated heterocycles. The number of halogens is 1. The van der Waals surface area contributed by atoms with Crippen molar-refractivity contribution < 1.29 is 9.13 Å². The molecule has 2 fully saturated rings.